The zero-order valence-corrected chi connectivity index (χ0v) is 10.2. The van der Waals surface area contributed by atoms with Crippen molar-refractivity contribution in [2.45, 2.75) is 6.61 Å². The summed E-state index contributed by atoms with van der Waals surface area (Å²) in [6, 6.07) is 13.5. The third-order valence-electron chi connectivity index (χ3n) is 2.54. The Morgan fingerprint density at radius 3 is 2.53 bits per heavy atom. The Morgan fingerprint density at radius 1 is 1.18 bits per heavy atom. The van der Waals surface area contributed by atoms with Gasteiger partial charge in [-0.1, -0.05) is 29.8 Å². The van der Waals surface area contributed by atoms with Gasteiger partial charge in [0.25, 0.3) is 0 Å². The molecule has 0 bridgehead atoms. The Bertz CT molecular complexity index is 502. The summed E-state index contributed by atoms with van der Waals surface area (Å²) >= 11 is 5.91. The monoisotopic (exact) mass is 248 g/mol. The molecule has 1 aromatic carbocycles. The van der Waals surface area contributed by atoms with Crippen LogP contribution in [-0.4, -0.2) is 17.1 Å². The minimum atomic E-state index is -0.157. The number of para-hydroxylation sites is 1. The minimum absolute atomic E-state index is 0.157. The molecule has 88 valence electrons. The lowest BCUT2D eigenvalue weighted by molar-refractivity contribution is 0.277. The molecular formula is C13H13ClN2O. The molecule has 0 unspecified atom stereocenters. The normalized spacial score (nSPS) is 10.3. The molecule has 0 amide bonds. The van der Waals surface area contributed by atoms with Gasteiger partial charge in [0.1, 0.15) is 5.82 Å². The number of aliphatic hydroxyl groups is 1. The van der Waals surface area contributed by atoms with Gasteiger partial charge >= 0.3 is 0 Å². The molecule has 2 rings (SSSR count). The zero-order valence-electron chi connectivity index (χ0n) is 9.47. The summed E-state index contributed by atoms with van der Waals surface area (Å²) < 4.78 is 0. The molecule has 1 N–H and O–H groups in total. The number of hydrogen-bond donors (Lipinski definition) is 1. The van der Waals surface area contributed by atoms with Gasteiger partial charge in [-0.05, 0) is 24.3 Å². The molecule has 0 atom stereocenters. The second kappa shape index (κ2) is 5.17. The van der Waals surface area contributed by atoms with Crippen molar-refractivity contribution < 1.29 is 5.11 Å². The molecule has 0 aliphatic carbocycles. The smallest absolute Gasteiger partial charge is 0.133 e. The van der Waals surface area contributed by atoms with Gasteiger partial charge in [-0.2, -0.15) is 0 Å². The highest BCUT2D eigenvalue weighted by atomic mass is 35.5. The number of aromatic nitrogens is 1. The number of benzene rings is 1. The van der Waals surface area contributed by atoms with Gasteiger partial charge in [0.05, 0.1) is 17.3 Å². The first-order valence-electron chi connectivity index (χ1n) is 5.27. The van der Waals surface area contributed by atoms with Crippen LogP contribution in [0.25, 0.3) is 0 Å². The highest BCUT2D eigenvalue weighted by Gasteiger charge is 2.08. The predicted octanol–water partition coefficient (Wildman–Crippen LogP) is 3.00. The first-order valence-corrected chi connectivity index (χ1v) is 5.65. The van der Waals surface area contributed by atoms with Gasteiger partial charge < -0.3 is 10.0 Å². The van der Waals surface area contributed by atoms with E-state index in [1.165, 1.54) is 0 Å². The number of halogens is 1. The van der Waals surface area contributed by atoms with Crippen LogP contribution in [0, 0.1) is 0 Å². The fraction of sp³-hybridized carbons (Fsp3) is 0.154. The predicted molar refractivity (Wildman–Crippen MR) is 69.7 cm³/mol. The molecule has 0 saturated carbocycles. The maximum atomic E-state index is 9.13. The van der Waals surface area contributed by atoms with E-state index in [1.807, 2.05) is 48.3 Å². The van der Waals surface area contributed by atoms with Gasteiger partial charge in [-0.3, -0.25) is 0 Å². The van der Waals surface area contributed by atoms with Gasteiger partial charge in [-0.25, -0.2) is 4.98 Å². The summed E-state index contributed by atoms with van der Waals surface area (Å²) in [6.45, 7) is -0.157. The molecule has 0 spiro atoms. The van der Waals surface area contributed by atoms with Crippen LogP contribution in [0.5, 0.6) is 0 Å². The molecule has 3 nitrogen and oxygen atoms in total. The van der Waals surface area contributed by atoms with Crippen LogP contribution >= 0.6 is 11.6 Å². The summed E-state index contributed by atoms with van der Waals surface area (Å²) in [7, 11) is 1.92. The fourth-order valence-corrected chi connectivity index (χ4v) is 1.72. The van der Waals surface area contributed by atoms with E-state index in [2.05, 4.69) is 4.98 Å². The SMILES string of the molecule is CN(c1ccccc1)c1ccc(Cl)c(CO)n1. The fourth-order valence-electron chi connectivity index (χ4n) is 1.55. The number of nitrogens with zero attached hydrogens (tertiary/aromatic N) is 2. The highest BCUT2D eigenvalue weighted by molar-refractivity contribution is 6.31. The molecule has 1 aromatic heterocycles. The third kappa shape index (κ3) is 2.57. The quantitative estimate of drug-likeness (QED) is 0.907. The lowest BCUT2D eigenvalue weighted by Crippen LogP contribution is -2.11. The van der Waals surface area contributed by atoms with Crippen molar-refractivity contribution in [1.29, 1.82) is 0 Å². The summed E-state index contributed by atoms with van der Waals surface area (Å²) in [5.41, 5.74) is 1.53. The number of aliphatic hydroxyl groups excluding tert-OH is 1. The van der Waals surface area contributed by atoms with E-state index in [0.29, 0.717) is 10.7 Å². The molecule has 4 heteroatoms. The molecule has 0 radical (unpaired) electrons. The van der Waals surface area contributed by atoms with Crippen molar-refractivity contribution in [3.63, 3.8) is 0 Å². The molecule has 1 heterocycles. The van der Waals surface area contributed by atoms with Gasteiger partial charge in [0.15, 0.2) is 0 Å². The molecule has 0 saturated heterocycles. The van der Waals surface area contributed by atoms with Crippen molar-refractivity contribution in [2.24, 2.45) is 0 Å². The third-order valence-corrected chi connectivity index (χ3v) is 2.88. The van der Waals surface area contributed by atoms with Crippen molar-refractivity contribution in [3.8, 4) is 0 Å². The molecular weight excluding hydrogens is 236 g/mol. The maximum absolute atomic E-state index is 9.13. The average Bonchev–Trinajstić information content (AvgIpc) is 2.39. The summed E-state index contributed by atoms with van der Waals surface area (Å²) in [5, 5.41) is 9.61. The highest BCUT2D eigenvalue weighted by Crippen LogP contribution is 2.24. The van der Waals surface area contributed by atoms with E-state index in [0.717, 1.165) is 11.5 Å². The van der Waals surface area contributed by atoms with Gasteiger partial charge in [0.2, 0.25) is 0 Å². The van der Waals surface area contributed by atoms with E-state index >= 15 is 0 Å². The Hall–Kier alpha value is -1.58. The van der Waals surface area contributed by atoms with Crippen molar-refractivity contribution >= 4 is 23.1 Å². The Labute approximate surface area is 105 Å². The van der Waals surface area contributed by atoms with Crippen molar-refractivity contribution in [1.82, 2.24) is 4.98 Å². The van der Waals surface area contributed by atoms with E-state index in [-0.39, 0.29) is 6.61 Å². The molecule has 0 aliphatic heterocycles. The summed E-state index contributed by atoms with van der Waals surface area (Å²) in [4.78, 5) is 6.25. The number of hydrogen-bond acceptors (Lipinski definition) is 3. The first kappa shape index (κ1) is 11.9. The first-order chi connectivity index (χ1) is 8.22. The Kier molecular flexibility index (Phi) is 3.61. The van der Waals surface area contributed by atoms with Crippen LogP contribution < -0.4 is 4.90 Å². The molecule has 0 fully saturated rings. The summed E-state index contributed by atoms with van der Waals surface area (Å²) in [6.07, 6.45) is 0. The number of rotatable bonds is 3. The standard InChI is InChI=1S/C13H13ClN2O/c1-16(10-5-3-2-4-6-10)13-8-7-11(14)12(9-17)15-13/h2-8,17H,9H2,1H3. The van der Waals surface area contributed by atoms with Crippen molar-refractivity contribution in [2.75, 3.05) is 11.9 Å². The second-order valence-electron chi connectivity index (χ2n) is 3.65. The Morgan fingerprint density at radius 2 is 1.88 bits per heavy atom. The molecule has 0 aliphatic rings. The maximum Gasteiger partial charge on any atom is 0.133 e. The number of anilines is 2. The van der Waals surface area contributed by atoms with E-state index in [4.69, 9.17) is 16.7 Å². The van der Waals surface area contributed by atoms with Crippen LogP contribution in [0.4, 0.5) is 11.5 Å². The lowest BCUT2D eigenvalue weighted by atomic mass is 10.3. The largest absolute Gasteiger partial charge is 0.390 e. The minimum Gasteiger partial charge on any atom is -0.390 e. The van der Waals surface area contributed by atoms with Crippen LogP contribution in [0.15, 0.2) is 42.5 Å². The van der Waals surface area contributed by atoms with Crippen LogP contribution in [0.3, 0.4) is 0 Å². The van der Waals surface area contributed by atoms with Gasteiger partial charge in [-0.15, -0.1) is 0 Å². The summed E-state index contributed by atoms with van der Waals surface area (Å²) in [5.74, 6) is 0.754. The number of pyridine rings is 1. The van der Waals surface area contributed by atoms with Crippen LogP contribution in [0.1, 0.15) is 5.69 Å². The zero-order chi connectivity index (χ0) is 12.3. The second-order valence-corrected chi connectivity index (χ2v) is 4.06. The topological polar surface area (TPSA) is 36.4 Å². The van der Waals surface area contributed by atoms with Crippen LogP contribution in [0.2, 0.25) is 5.02 Å². The lowest BCUT2D eigenvalue weighted by Gasteiger charge is -2.19. The Balaban J connectivity index is 2.34. The average molecular weight is 249 g/mol. The van der Waals surface area contributed by atoms with E-state index < -0.39 is 0 Å². The van der Waals surface area contributed by atoms with Crippen LogP contribution in [-0.2, 0) is 6.61 Å². The van der Waals surface area contributed by atoms with E-state index in [9.17, 15) is 0 Å². The molecule has 17 heavy (non-hydrogen) atoms. The molecule has 2 aromatic rings. The van der Waals surface area contributed by atoms with E-state index in [1.54, 1.807) is 6.07 Å². The van der Waals surface area contributed by atoms with Crippen molar-refractivity contribution in [3.05, 3.63) is 53.2 Å². The van der Waals surface area contributed by atoms with Gasteiger partial charge in [0, 0.05) is 12.7 Å².